The molecule has 1 aliphatic rings. The molecule has 19 heavy (non-hydrogen) atoms. The molecule has 0 bridgehead atoms. The maximum atomic E-state index is 11.8. The largest absolute Gasteiger partial charge is 0.481 e. The molecule has 0 spiro atoms. The van der Waals surface area contributed by atoms with Gasteiger partial charge < -0.3 is 9.84 Å². The predicted octanol–water partition coefficient (Wildman–Crippen LogP) is 0.974. The second kappa shape index (κ2) is 7.21. The van der Waals surface area contributed by atoms with E-state index in [9.17, 15) is 13.2 Å². The van der Waals surface area contributed by atoms with Crippen LogP contribution in [0.5, 0.6) is 0 Å². The molecule has 7 heteroatoms. The summed E-state index contributed by atoms with van der Waals surface area (Å²) in [5.74, 6) is -1.36. The van der Waals surface area contributed by atoms with Gasteiger partial charge in [0.05, 0.1) is 24.4 Å². The fraction of sp³-hybridized carbons (Fsp3) is 0.917. The fourth-order valence-electron chi connectivity index (χ4n) is 2.23. The molecule has 112 valence electrons. The maximum Gasteiger partial charge on any atom is 0.306 e. The summed E-state index contributed by atoms with van der Waals surface area (Å²) >= 11 is 0. The van der Waals surface area contributed by atoms with Gasteiger partial charge >= 0.3 is 5.97 Å². The first-order valence-electron chi connectivity index (χ1n) is 6.64. The number of carboxylic acids is 1. The Morgan fingerprint density at radius 1 is 1.42 bits per heavy atom. The van der Waals surface area contributed by atoms with Crippen molar-refractivity contribution in [1.82, 2.24) is 4.72 Å². The Bertz CT molecular complexity index is 393. The minimum absolute atomic E-state index is 0.00118. The van der Waals surface area contributed by atoms with Gasteiger partial charge in [-0.3, -0.25) is 4.79 Å². The average molecular weight is 293 g/mol. The Labute approximate surface area is 114 Å². The second-order valence-corrected chi connectivity index (χ2v) is 7.13. The maximum absolute atomic E-state index is 11.8. The van der Waals surface area contributed by atoms with E-state index < -0.39 is 21.9 Å². The van der Waals surface area contributed by atoms with Crippen molar-refractivity contribution in [1.29, 1.82) is 0 Å². The van der Waals surface area contributed by atoms with Crippen LogP contribution < -0.4 is 4.72 Å². The number of ether oxygens (including phenoxy) is 1. The highest BCUT2D eigenvalue weighted by Gasteiger charge is 2.29. The molecule has 2 atom stereocenters. The zero-order valence-corrected chi connectivity index (χ0v) is 12.3. The van der Waals surface area contributed by atoms with Crippen LogP contribution in [0, 0.1) is 5.92 Å². The fourth-order valence-corrected chi connectivity index (χ4v) is 3.38. The summed E-state index contributed by atoms with van der Waals surface area (Å²) in [6, 6.07) is -0.265. The van der Waals surface area contributed by atoms with Crippen molar-refractivity contribution in [2.45, 2.75) is 51.7 Å². The van der Waals surface area contributed by atoms with Gasteiger partial charge in [0, 0.05) is 6.04 Å². The quantitative estimate of drug-likeness (QED) is 0.729. The van der Waals surface area contributed by atoms with Gasteiger partial charge in [-0.25, -0.2) is 13.1 Å². The smallest absolute Gasteiger partial charge is 0.306 e. The lowest BCUT2D eigenvalue weighted by Crippen LogP contribution is -2.41. The lowest BCUT2D eigenvalue weighted by molar-refractivity contribution is -0.143. The Morgan fingerprint density at radius 2 is 2.11 bits per heavy atom. The third-order valence-corrected chi connectivity index (χ3v) is 4.57. The summed E-state index contributed by atoms with van der Waals surface area (Å²) in [7, 11) is -3.39. The third kappa shape index (κ3) is 6.35. The Balaban J connectivity index is 2.42. The van der Waals surface area contributed by atoms with Gasteiger partial charge in [-0.15, -0.1) is 0 Å². The standard InChI is InChI=1S/C12H23NO5S/c1-9(2)18-6-7-19(16,17)13-11-5-3-4-10(8-11)12(14)15/h9-11,13H,3-8H2,1-2H3,(H,14,15). The molecule has 2 N–H and O–H groups in total. The lowest BCUT2D eigenvalue weighted by atomic mass is 9.86. The first kappa shape index (κ1) is 16.4. The lowest BCUT2D eigenvalue weighted by Gasteiger charge is -2.27. The number of hydrogen-bond donors (Lipinski definition) is 2. The average Bonchev–Trinajstić information content (AvgIpc) is 2.27. The van der Waals surface area contributed by atoms with Gasteiger partial charge in [-0.05, 0) is 33.1 Å². The summed E-state index contributed by atoms with van der Waals surface area (Å²) in [4.78, 5) is 10.9. The van der Waals surface area contributed by atoms with Gasteiger partial charge in [0.25, 0.3) is 0 Å². The molecule has 0 amide bonds. The molecule has 1 rings (SSSR count). The van der Waals surface area contributed by atoms with Crippen molar-refractivity contribution < 1.29 is 23.1 Å². The van der Waals surface area contributed by atoms with Crippen LogP contribution in [0.4, 0.5) is 0 Å². The van der Waals surface area contributed by atoms with Crippen molar-refractivity contribution in [2.24, 2.45) is 5.92 Å². The SMILES string of the molecule is CC(C)OCCS(=O)(=O)NC1CCCC(C(=O)O)C1. The Kier molecular flexibility index (Phi) is 6.22. The third-order valence-electron chi connectivity index (χ3n) is 3.17. The highest BCUT2D eigenvalue weighted by Crippen LogP contribution is 2.24. The number of hydrogen-bond acceptors (Lipinski definition) is 4. The van der Waals surface area contributed by atoms with Crippen LogP contribution in [0.25, 0.3) is 0 Å². The highest BCUT2D eigenvalue weighted by atomic mass is 32.2. The molecule has 1 aliphatic carbocycles. The molecule has 0 saturated heterocycles. The van der Waals surface area contributed by atoms with Crippen LogP contribution in [0.15, 0.2) is 0 Å². The number of aliphatic carboxylic acids is 1. The summed E-state index contributed by atoms with van der Waals surface area (Å²) in [6.07, 6.45) is 2.45. The van der Waals surface area contributed by atoms with E-state index in [1.165, 1.54) is 0 Å². The molecule has 6 nitrogen and oxygen atoms in total. The van der Waals surface area contributed by atoms with Gasteiger partial charge in [-0.1, -0.05) is 6.42 Å². The molecule has 1 saturated carbocycles. The Hall–Kier alpha value is -0.660. The van der Waals surface area contributed by atoms with Crippen molar-refractivity contribution in [2.75, 3.05) is 12.4 Å². The van der Waals surface area contributed by atoms with E-state index in [0.717, 1.165) is 6.42 Å². The van der Waals surface area contributed by atoms with Crippen LogP contribution in [-0.2, 0) is 19.6 Å². The topological polar surface area (TPSA) is 92.7 Å². The summed E-state index contributed by atoms with van der Waals surface area (Å²) in [5.41, 5.74) is 0. The van der Waals surface area contributed by atoms with Crippen LogP contribution in [0.1, 0.15) is 39.5 Å². The molecule has 1 fully saturated rings. The van der Waals surface area contributed by atoms with E-state index in [4.69, 9.17) is 9.84 Å². The molecule has 0 heterocycles. The van der Waals surface area contributed by atoms with E-state index in [2.05, 4.69) is 4.72 Å². The van der Waals surface area contributed by atoms with Crippen molar-refractivity contribution in [3.05, 3.63) is 0 Å². The number of sulfonamides is 1. The molecule has 0 aromatic carbocycles. The monoisotopic (exact) mass is 293 g/mol. The molecule has 0 aromatic heterocycles. The van der Waals surface area contributed by atoms with Crippen molar-refractivity contribution >= 4 is 16.0 Å². The summed E-state index contributed by atoms with van der Waals surface area (Å²) in [6.45, 7) is 3.85. The van der Waals surface area contributed by atoms with E-state index in [1.807, 2.05) is 13.8 Å². The van der Waals surface area contributed by atoms with Gasteiger partial charge in [0.1, 0.15) is 0 Å². The Morgan fingerprint density at radius 3 is 2.68 bits per heavy atom. The van der Waals surface area contributed by atoms with E-state index in [1.54, 1.807) is 0 Å². The van der Waals surface area contributed by atoms with Crippen molar-refractivity contribution in [3.63, 3.8) is 0 Å². The van der Waals surface area contributed by atoms with Crippen LogP contribution >= 0.6 is 0 Å². The molecular weight excluding hydrogens is 270 g/mol. The minimum atomic E-state index is -3.39. The predicted molar refractivity (Wildman–Crippen MR) is 71.4 cm³/mol. The first-order valence-corrected chi connectivity index (χ1v) is 8.30. The van der Waals surface area contributed by atoms with Crippen LogP contribution in [0.3, 0.4) is 0 Å². The normalized spacial score (nSPS) is 24.6. The zero-order chi connectivity index (χ0) is 14.5. The first-order chi connectivity index (χ1) is 8.80. The summed E-state index contributed by atoms with van der Waals surface area (Å²) in [5, 5.41) is 8.96. The minimum Gasteiger partial charge on any atom is -0.481 e. The molecular formula is C12H23NO5S. The number of carboxylic acid groups (broad SMARTS) is 1. The van der Waals surface area contributed by atoms with E-state index in [0.29, 0.717) is 19.3 Å². The second-order valence-electron chi connectivity index (χ2n) is 5.25. The van der Waals surface area contributed by atoms with Gasteiger partial charge in [0.2, 0.25) is 10.0 Å². The molecule has 2 unspecified atom stereocenters. The molecule has 0 aromatic rings. The van der Waals surface area contributed by atoms with Crippen LogP contribution in [0.2, 0.25) is 0 Å². The molecule has 0 aliphatic heterocycles. The van der Waals surface area contributed by atoms with Crippen LogP contribution in [-0.4, -0.2) is 44.0 Å². The van der Waals surface area contributed by atoms with Gasteiger partial charge in [0.15, 0.2) is 0 Å². The van der Waals surface area contributed by atoms with Gasteiger partial charge in [-0.2, -0.15) is 0 Å². The van der Waals surface area contributed by atoms with E-state index >= 15 is 0 Å². The number of carbonyl (C=O) groups is 1. The summed E-state index contributed by atoms with van der Waals surface area (Å²) < 4.78 is 31.4. The number of nitrogens with one attached hydrogen (secondary N) is 1. The highest BCUT2D eigenvalue weighted by molar-refractivity contribution is 7.89. The number of rotatable bonds is 7. The molecule has 0 radical (unpaired) electrons. The van der Waals surface area contributed by atoms with Crippen molar-refractivity contribution in [3.8, 4) is 0 Å². The van der Waals surface area contributed by atoms with E-state index in [-0.39, 0.29) is 24.5 Å². The zero-order valence-electron chi connectivity index (χ0n) is 11.5.